The van der Waals surface area contributed by atoms with Gasteiger partial charge in [0.25, 0.3) is 5.56 Å². The topological polar surface area (TPSA) is 83.1 Å². The second-order valence-corrected chi connectivity index (χ2v) is 8.72. The molecule has 0 atom stereocenters. The van der Waals surface area contributed by atoms with E-state index in [0.717, 1.165) is 16.8 Å². The van der Waals surface area contributed by atoms with Crippen LogP contribution in [0.3, 0.4) is 0 Å². The first-order chi connectivity index (χ1) is 16.9. The maximum absolute atomic E-state index is 13.3. The molecule has 1 N–H and O–H groups in total. The summed E-state index contributed by atoms with van der Waals surface area (Å²) in [6.07, 6.45) is 3.18. The van der Waals surface area contributed by atoms with Crippen molar-refractivity contribution in [2.24, 2.45) is 0 Å². The largest absolute Gasteiger partial charge is 0.392 e. The van der Waals surface area contributed by atoms with Crippen molar-refractivity contribution in [1.82, 2.24) is 19.1 Å². The molecule has 180 valence electrons. The van der Waals surface area contributed by atoms with E-state index in [1.165, 1.54) is 21.2 Å². The first kappa shape index (κ1) is 22.8. The van der Waals surface area contributed by atoms with E-state index >= 15 is 0 Å². The van der Waals surface area contributed by atoms with Gasteiger partial charge >= 0.3 is 0 Å². The number of carbonyl (C=O) groups is 1. The molecule has 1 fully saturated rings. The fourth-order valence-corrected chi connectivity index (χ4v) is 4.48. The third kappa shape index (κ3) is 4.42. The molecule has 3 heterocycles. The number of aromatic nitrogens is 3. The molecule has 2 aromatic heterocycles. The Balaban J connectivity index is 1.34. The number of carbonyl (C=O) groups excluding carboxylic acids is 1. The smallest absolute Gasteiger partial charge is 0.277 e. The third-order valence-electron chi connectivity index (χ3n) is 6.47. The van der Waals surface area contributed by atoms with Crippen LogP contribution in [0.2, 0.25) is 0 Å². The molecule has 1 aliphatic rings. The van der Waals surface area contributed by atoms with E-state index in [9.17, 15) is 19.1 Å². The van der Waals surface area contributed by atoms with E-state index < -0.39 is 0 Å². The van der Waals surface area contributed by atoms with Gasteiger partial charge in [0.05, 0.1) is 12.3 Å². The summed E-state index contributed by atoms with van der Waals surface area (Å²) in [6.45, 7) is 3.83. The van der Waals surface area contributed by atoms with Crippen molar-refractivity contribution >= 4 is 17.1 Å². The van der Waals surface area contributed by atoms with Crippen molar-refractivity contribution < 1.29 is 14.3 Å². The number of aliphatic hydroxyl groups excluding tert-OH is 1. The van der Waals surface area contributed by atoms with E-state index in [-0.39, 0.29) is 36.0 Å². The molecule has 0 bridgehead atoms. The zero-order valence-corrected chi connectivity index (χ0v) is 19.4. The molecule has 1 saturated heterocycles. The molecule has 8 nitrogen and oxygen atoms in total. The fraction of sp³-hybridized carbons (Fsp3) is 0.269. The average molecular weight is 476 g/mol. The number of rotatable bonds is 5. The Morgan fingerprint density at radius 2 is 1.69 bits per heavy atom. The number of fused-ring (bicyclic) bond motifs is 1. The highest BCUT2D eigenvalue weighted by Gasteiger charge is 2.23. The first-order valence-corrected chi connectivity index (χ1v) is 11.5. The Morgan fingerprint density at radius 3 is 2.34 bits per heavy atom. The Hall–Kier alpha value is -3.98. The number of piperazine rings is 1. The molecule has 5 rings (SSSR count). The number of aliphatic hydroxyl groups is 1. The molecular formula is C26H26FN5O3. The minimum Gasteiger partial charge on any atom is -0.392 e. The quantitative estimate of drug-likeness (QED) is 0.480. The lowest BCUT2D eigenvalue weighted by Crippen LogP contribution is -2.50. The van der Waals surface area contributed by atoms with E-state index in [1.54, 1.807) is 29.4 Å². The van der Waals surface area contributed by atoms with Crippen LogP contribution in [0.15, 0.2) is 65.7 Å². The number of nitrogens with zero attached hydrogens (tertiary/aromatic N) is 5. The lowest BCUT2D eigenvalue weighted by molar-refractivity contribution is -0.132. The maximum atomic E-state index is 13.3. The van der Waals surface area contributed by atoms with Crippen LogP contribution in [0.5, 0.6) is 0 Å². The highest BCUT2D eigenvalue weighted by Crippen LogP contribution is 2.25. The molecule has 2 aromatic carbocycles. The molecule has 0 unspecified atom stereocenters. The van der Waals surface area contributed by atoms with Gasteiger partial charge in [0, 0.05) is 55.4 Å². The normalized spacial score (nSPS) is 14.0. The van der Waals surface area contributed by atoms with Gasteiger partial charge in [-0.3, -0.25) is 9.59 Å². The van der Waals surface area contributed by atoms with Crippen LogP contribution in [-0.2, 0) is 17.9 Å². The molecule has 35 heavy (non-hydrogen) atoms. The summed E-state index contributed by atoms with van der Waals surface area (Å²) in [5.74, 6) is -0.433. The minimum absolute atomic E-state index is 0.0954. The lowest BCUT2D eigenvalue weighted by atomic mass is 10.1. The molecule has 9 heteroatoms. The van der Waals surface area contributed by atoms with Crippen molar-refractivity contribution in [2.75, 3.05) is 31.1 Å². The summed E-state index contributed by atoms with van der Waals surface area (Å²) >= 11 is 0. The van der Waals surface area contributed by atoms with Crippen molar-refractivity contribution in [3.8, 4) is 11.3 Å². The zero-order valence-electron chi connectivity index (χ0n) is 19.4. The third-order valence-corrected chi connectivity index (χ3v) is 6.47. The van der Waals surface area contributed by atoms with Gasteiger partial charge in [-0.15, -0.1) is 0 Å². The number of hydrogen-bond acceptors (Lipinski definition) is 5. The Morgan fingerprint density at radius 1 is 1.00 bits per heavy atom. The van der Waals surface area contributed by atoms with Crippen molar-refractivity contribution in [1.29, 1.82) is 0 Å². The lowest BCUT2D eigenvalue weighted by Gasteiger charge is -2.36. The van der Waals surface area contributed by atoms with Gasteiger partial charge in [-0.1, -0.05) is 29.8 Å². The average Bonchev–Trinajstić information content (AvgIpc) is 3.26. The summed E-state index contributed by atoms with van der Waals surface area (Å²) in [5.41, 5.74) is 3.70. The Kier molecular flexibility index (Phi) is 6.08. The number of anilines is 1. The SMILES string of the molecule is Cc1ccc(-c2nn3ccn(CC(=O)N4CCN(c5ccc(F)cc5)CC4)c(=O)c3c2CO)cc1. The van der Waals surface area contributed by atoms with Gasteiger partial charge in [0.1, 0.15) is 17.9 Å². The molecule has 0 spiro atoms. The predicted molar refractivity (Wildman–Crippen MR) is 131 cm³/mol. The monoisotopic (exact) mass is 475 g/mol. The van der Waals surface area contributed by atoms with Crippen LogP contribution in [0.1, 0.15) is 11.1 Å². The number of benzene rings is 2. The Labute approximate surface area is 201 Å². The van der Waals surface area contributed by atoms with Gasteiger partial charge in [0.2, 0.25) is 5.91 Å². The van der Waals surface area contributed by atoms with Crippen LogP contribution < -0.4 is 10.5 Å². The van der Waals surface area contributed by atoms with E-state index in [0.29, 0.717) is 37.4 Å². The van der Waals surface area contributed by atoms with Crippen molar-refractivity contribution in [3.63, 3.8) is 0 Å². The number of hydrogen-bond donors (Lipinski definition) is 1. The summed E-state index contributed by atoms with van der Waals surface area (Å²) in [7, 11) is 0. The standard InChI is InChI=1S/C26H26FN5O3/c1-18-2-4-19(5-3-18)24-22(17-33)25-26(35)31(14-15-32(25)28-24)16-23(34)30-12-10-29(11-13-30)21-8-6-20(27)7-9-21/h2-9,14-15,33H,10-13,16-17H2,1H3. The molecule has 4 aromatic rings. The molecule has 1 amide bonds. The number of amides is 1. The number of halogens is 1. The van der Waals surface area contributed by atoms with Crippen LogP contribution in [0, 0.1) is 12.7 Å². The summed E-state index contributed by atoms with van der Waals surface area (Å²) in [4.78, 5) is 30.1. The van der Waals surface area contributed by atoms with Crippen LogP contribution in [-0.4, -0.2) is 56.3 Å². The molecule has 0 saturated carbocycles. The highest BCUT2D eigenvalue weighted by atomic mass is 19.1. The second kappa shape index (κ2) is 9.34. The summed E-state index contributed by atoms with van der Waals surface area (Å²) in [6, 6.07) is 14.0. The van der Waals surface area contributed by atoms with Gasteiger partial charge in [-0.2, -0.15) is 5.10 Å². The summed E-state index contributed by atoms with van der Waals surface area (Å²) < 4.78 is 16.0. The van der Waals surface area contributed by atoms with E-state index in [4.69, 9.17) is 0 Å². The van der Waals surface area contributed by atoms with Crippen LogP contribution >= 0.6 is 0 Å². The van der Waals surface area contributed by atoms with E-state index in [1.807, 2.05) is 31.2 Å². The fourth-order valence-electron chi connectivity index (χ4n) is 4.48. The maximum Gasteiger partial charge on any atom is 0.277 e. The molecule has 0 aliphatic carbocycles. The van der Waals surface area contributed by atoms with E-state index in [2.05, 4.69) is 10.00 Å². The van der Waals surface area contributed by atoms with Gasteiger partial charge in [-0.25, -0.2) is 8.91 Å². The Bertz CT molecular complexity index is 1420. The molecular weight excluding hydrogens is 449 g/mol. The highest BCUT2D eigenvalue weighted by molar-refractivity contribution is 5.77. The van der Waals surface area contributed by atoms with Crippen LogP contribution in [0.4, 0.5) is 10.1 Å². The van der Waals surface area contributed by atoms with Gasteiger partial charge in [0.15, 0.2) is 0 Å². The summed E-state index contributed by atoms with van der Waals surface area (Å²) in [5, 5.41) is 14.6. The van der Waals surface area contributed by atoms with Gasteiger partial charge < -0.3 is 19.5 Å². The molecule has 1 aliphatic heterocycles. The molecule has 0 radical (unpaired) electrons. The predicted octanol–water partition coefficient (Wildman–Crippen LogP) is 2.45. The van der Waals surface area contributed by atoms with Crippen molar-refractivity contribution in [2.45, 2.75) is 20.1 Å². The number of aryl methyl sites for hydroxylation is 1. The van der Waals surface area contributed by atoms with Gasteiger partial charge in [-0.05, 0) is 31.2 Å². The van der Waals surface area contributed by atoms with Crippen molar-refractivity contribution in [3.05, 3.63) is 88.2 Å². The first-order valence-electron chi connectivity index (χ1n) is 11.5. The second-order valence-electron chi connectivity index (χ2n) is 8.72. The minimum atomic E-state index is -0.374. The van der Waals surface area contributed by atoms with Crippen LogP contribution in [0.25, 0.3) is 16.8 Å². The zero-order chi connectivity index (χ0) is 24.5.